The number of aromatic nitrogens is 1. The SMILES string of the molecule is CCc1cc2cc(N)ccc2n1C(CC)CC.Cl. The Hall–Kier alpha value is -1.15. The summed E-state index contributed by atoms with van der Waals surface area (Å²) in [5.41, 5.74) is 9.45. The highest BCUT2D eigenvalue weighted by atomic mass is 35.5. The van der Waals surface area contributed by atoms with Crippen LogP contribution in [0.1, 0.15) is 45.3 Å². The maximum atomic E-state index is 5.86. The third kappa shape index (κ3) is 2.49. The molecule has 0 fully saturated rings. The molecule has 18 heavy (non-hydrogen) atoms. The minimum Gasteiger partial charge on any atom is -0.399 e. The van der Waals surface area contributed by atoms with Crippen molar-refractivity contribution < 1.29 is 0 Å². The lowest BCUT2D eigenvalue weighted by atomic mass is 10.1. The molecule has 0 aliphatic carbocycles. The molecule has 0 saturated heterocycles. The van der Waals surface area contributed by atoms with Gasteiger partial charge in [-0.05, 0) is 43.5 Å². The first-order valence-corrected chi connectivity index (χ1v) is 6.60. The van der Waals surface area contributed by atoms with E-state index in [4.69, 9.17) is 5.73 Å². The van der Waals surface area contributed by atoms with E-state index in [2.05, 4.69) is 43.5 Å². The van der Waals surface area contributed by atoms with E-state index in [0.717, 1.165) is 12.1 Å². The lowest BCUT2D eigenvalue weighted by Gasteiger charge is -2.19. The molecule has 0 spiro atoms. The van der Waals surface area contributed by atoms with Gasteiger partial charge in [-0.15, -0.1) is 12.4 Å². The van der Waals surface area contributed by atoms with Gasteiger partial charge in [0.1, 0.15) is 0 Å². The van der Waals surface area contributed by atoms with Crippen LogP contribution in [-0.4, -0.2) is 4.57 Å². The predicted octanol–water partition coefficient (Wildman–Crippen LogP) is 4.57. The van der Waals surface area contributed by atoms with E-state index in [9.17, 15) is 0 Å². The van der Waals surface area contributed by atoms with Crippen molar-refractivity contribution in [2.24, 2.45) is 0 Å². The number of benzene rings is 1. The smallest absolute Gasteiger partial charge is 0.0486 e. The summed E-state index contributed by atoms with van der Waals surface area (Å²) >= 11 is 0. The average Bonchev–Trinajstić information content (AvgIpc) is 2.69. The quantitative estimate of drug-likeness (QED) is 0.808. The molecule has 0 aliphatic heterocycles. The molecule has 1 heterocycles. The van der Waals surface area contributed by atoms with Crippen LogP contribution in [0, 0.1) is 0 Å². The Labute approximate surface area is 116 Å². The molecule has 3 heteroatoms. The van der Waals surface area contributed by atoms with Crippen LogP contribution >= 0.6 is 12.4 Å². The summed E-state index contributed by atoms with van der Waals surface area (Å²) in [6, 6.07) is 9.12. The van der Waals surface area contributed by atoms with Gasteiger partial charge in [-0.2, -0.15) is 0 Å². The van der Waals surface area contributed by atoms with Gasteiger partial charge < -0.3 is 10.3 Å². The van der Waals surface area contributed by atoms with Gasteiger partial charge in [0.2, 0.25) is 0 Å². The molecule has 2 N–H and O–H groups in total. The first-order valence-electron chi connectivity index (χ1n) is 6.60. The number of hydrogen-bond acceptors (Lipinski definition) is 1. The summed E-state index contributed by atoms with van der Waals surface area (Å²) in [6.45, 7) is 6.74. The Morgan fingerprint density at radius 1 is 1.11 bits per heavy atom. The lowest BCUT2D eigenvalue weighted by molar-refractivity contribution is 0.473. The van der Waals surface area contributed by atoms with Crippen LogP contribution in [0.15, 0.2) is 24.3 Å². The van der Waals surface area contributed by atoms with Gasteiger partial charge >= 0.3 is 0 Å². The van der Waals surface area contributed by atoms with Gasteiger partial charge in [0.25, 0.3) is 0 Å². The molecule has 100 valence electrons. The fourth-order valence-electron chi connectivity index (χ4n) is 2.67. The largest absolute Gasteiger partial charge is 0.399 e. The summed E-state index contributed by atoms with van der Waals surface area (Å²) in [5, 5.41) is 1.27. The first kappa shape index (κ1) is 14.9. The maximum absolute atomic E-state index is 5.86. The summed E-state index contributed by atoms with van der Waals surface area (Å²) < 4.78 is 2.49. The minimum atomic E-state index is 0. The van der Waals surface area contributed by atoms with Crippen molar-refractivity contribution in [2.45, 2.75) is 46.1 Å². The van der Waals surface area contributed by atoms with E-state index in [1.54, 1.807) is 0 Å². The Kier molecular flexibility index (Phi) is 5.09. The summed E-state index contributed by atoms with van der Waals surface area (Å²) in [6.07, 6.45) is 3.43. The molecule has 1 aromatic heterocycles. The van der Waals surface area contributed by atoms with Crippen molar-refractivity contribution in [3.63, 3.8) is 0 Å². The van der Waals surface area contributed by atoms with Gasteiger partial charge in [0.15, 0.2) is 0 Å². The molecule has 0 amide bonds. The Morgan fingerprint density at radius 3 is 2.33 bits per heavy atom. The zero-order chi connectivity index (χ0) is 12.4. The molecule has 0 unspecified atom stereocenters. The molecule has 0 bridgehead atoms. The van der Waals surface area contributed by atoms with Gasteiger partial charge in [0, 0.05) is 28.3 Å². The molecule has 0 saturated carbocycles. The van der Waals surface area contributed by atoms with Crippen LogP contribution < -0.4 is 5.73 Å². The van der Waals surface area contributed by atoms with Crippen molar-refractivity contribution in [3.05, 3.63) is 30.0 Å². The van der Waals surface area contributed by atoms with Crippen LogP contribution in [0.3, 0.4) is 0 Å². The number of nitrogens with zero attached hydrogens (tertiary/aromatic N) is 1. The van der Waals surface area contributed by atoms with E-state index in [0.29, 0.717) is 6.04 Å². The summed E-state index contributed by atoms with van der Waals surface area (Å²) in [4.78, 5) is 0. The van der Waals surface area contributed by atoms with Crippen LogP contribution in [0.5, 0.6) is 0 Å². The normalized spacial score (nSPS) is 10.9. The molecular formula is C15H23ClN2. The number of fused-ring (bicyclic) bond motifs is 1. The maximum Gasteiger partial charge on any atom is 0.0486 e. The number of anilines is 1. The number of rotatable bonds is 4. The Morgan fingerprint density at radius 2 is 1.78 bits per heavy atom. The number of aryl methyl sites for hydroxylation is 1. The molecular weight excluding hydrogens is 244 g/mol. The third-order valence-corrected chi connectivity index (χ3v) is 3.61. The van der Waals surface area contributed by atoms with Gasteiger partial charge in [-0.25, -0.2) is 0 Å². The first-order chi connectivity index (χ1) is 8.21. The Balaban J connectivity index is 0.00000162. The third-order valence-electron chi connectivity index (χ3n) is 3.61. The van der Waals surface area contributed by atoms with Crippen LogP contribution in [0.4, 0.5) is 5.69 Å². The van der Waals surface area contributed by atoms with Crippen LogP contribution in [-0.2, 0) is 6.42 Å². The second-order valence-corrected chi connectivity index (χ2v) is 4.65. The zero-order valence-electron chi connectivity index (χ0n) is 11.4. The van der Waals surface area contributed by atoms with Crippen LogP contribution in [0.2, 0.25) is 0 Å². The van der Waals surface area contributed by atoms with Crippen LogP contribution in [0.25, 0.3) is 10.9 Å². The van der Waals surface area contributed by atoms with Gasteiger partial charge in [-0.1, -0.05) is 20.8 Å². The molecule has 0 aliphatic rings. The number of nitrogens with two attached hydrogens (primary N) is 1. The van der Waals surface area contributed by atoms with Crippen molar-refractivity contribution >= 4 is 29.0 Å². The highest BCUT2D eigenvalue weighted by Crippen LogP contribution is 2.29. The zero-order valence-corrected chi connectivity index (χ0v) is 12.3. The Bertz CT molecular complexity index is 512. The lowest BCUT2D eigenvalue weighted by Crippen LogP contribution is -2.09. The fraction of sp³-hybridized carbons (Fsp3) is 0.467. The second kappa shape index (κ2) is 6.14. The summed E-state index contributed by atoms with van der Waals surface area (Å²) in [5.74, 6) is 0. The van der Waals surface area contributed by atoms with Crippen molar-refractivity contribution in [2.75, 3.05) is 5.73 Å². The average molecular weight is 267 g/mol. The van der Waals surface area contributed by atoms with E-state index < -0.39 is 0 Å². The molecule has 2 aromatic rings. The standard InChI is InChI=1S/C15H22N2.ClH/c1-4-13(5-2)17-14(6-3)10-11-9-12(16)7-8-15(11)17;/h7-10,13H,4-6,16H2,1-3H3;1H. The van der Waals surface area contributed by atoms with E-state index in [-0.39, 0.29) is 12.4 Å². The second-order valence-electron chi connectivity index (χ2n) is 4.65. The number of nitrogen functional groups attached to an aromatic ring is 1. The summed E-state index contributed by atoms with van der Waals surface area (Å²) in [7, 11) is 0. The van der Waals surface area contributed by atoms with Gasteiger partial charge in [0.05, 0.1) is 0 Å². The topological polar surface area (TPSA) is 30.9 Å². The predicted molar refractivity (Wildman–Crippen MR) is 82.6 cm³/mol. The van der Waals surface area contributed by atoms with E-state index >= 15 is 0 Å². The van der Waals surface area contributed by atoms with Crippen molar-refractivity contribution in [1.82, 2.24) is 4.57 Å². The van der Waals surface area contributed by atoms with Gasteiger partial charge in [-0.3, -0.25) is 0 Å². The highest BCUT2D eigenvalue weighted by molar-refractivity contribution is 5.85. The molecule has 0 radical (unpaired) electrons. The molecule has 1 aromatic carbocycles. The molecule has 2 rings (SSSR count). The molecule has 2 nitrogen and oxygen atoms in total. The monoisotopic (exact) mass is 266 g/mol. The van der Waals surface area contributed by atoms with E-state index in [1.807, 2.05) is 6.07 Å². The fourth-order valence-corrected chi connectivity index (χ4v) is 2.67. The van der Waals surface area contributed by atoms with E-state index in [1.165, 1.54) is 29.4 Å². The number of hydrogen-bond donors (Lipinski definition) is 1. The van der Waals surface area contributed by atoms with Crippen molar-refractivity contribution in [1.29, 1.82) is 0 Å². The highest BCUT2D eigenvalue weighted by Gasteiger charge is 2.14. The van der Waals surface area contributed by atoms with Crippen molar-refractivity contribution in [3.8, 4) is 0 Å². The number of halogens is 1. The molecule has 0 atom stereocenters. The minimum absolute atomic E-state index is 0.